The first kappa shape index (κ1) is 24.9. The highest BCUT2D eigenvalue weighted by atomic mass is 32.2. The van der Waals surface area contributed by atoms with Gasteiger partial charge in [0, 0.05) is 12.1 Å². The van der Waals surface area contributed by atoms with Crippen molar-refractivity contribution in [3.8, 4) is 5.75 Å². The van der Waals surface area contributed by atoms with Crippen molar-refractivity contribution < 1.29 is 22.9 Å². The first-order chi connectivity index (χ1) is 16.2. The van der Waals surface area contributed by atoms with Gasteiger partial charge in [-0.05, 0) is 61.7 Å². The maximum Gasteiger partial charge on any atom is 0.278 e. The number of benzene rings is 3. The minimum absolute atomic E-state index is 0.0168. The zero-order valence-electron chi connectivity index (χ0n) is 19.0. The summed E-state index contributed by atoms with van der Waals surface area (Å²) in [4.78, 5) is 23.4. The lowest BCUT2D eigenvalue weighted by Gasteiger charge is -2.23. The van der Waals surface area contributed by atoms with Crippen molar-refractivity contribution in [3.63, 3.8) is 0 Å². The SMILES string of the molecule is CCCCc1ccc(N(C(=O)COc2ccc([N+](=O)[O-])cc2)S(=O)(=O)c2ccc(C)cc2)cc1. The summed E-state index contributed by atoms with van der Waals surface area (Å²) < 4.78 is 33.1. The Labute approximate surface area is 199 Å². The van der Waals surface area contributed by atoms with Crippen LogP contribution in [0.15, 0.2) is 77.7 Å². The van der Waals surface area contributed by atoms with Crippen molar-refractivity contribution in [2.24, 2.45) is 0 Å². The topological polar surface area (TPSA) is 107 Å². The fourth-order valence-electron chi connectivity index (χ4n) is 3.28. The Morgan fingerprint density at radius 2 is 1.59 bits per heavy atom. The summed E-state index contributed by atoms with van der Waals surface area (Å²) in [7, 11) is -4.21. The Morgan fingerprint density at radius 1 is 0.971 bits per heavy atom. The second-order valence-corrected chi connectivity index (χ2v) is 9.57. The second kappa shape index (κ2) is 10.9. The van der Waals surface area contributed by atoms with Gasteiger partial charge >= 0.3 is 0 Å². The number of rotatable bonds is 10. The van der Waals surface area contributed by atoms with Gasteiger partial charge in [0.25, 0.3) is 21.6 Å². The number of nitro groups is 1. The number of carbonyl (C=O) groups is 1. The summed E-state index contributed by atoms with van der Waals surface area (Å²) in [5.41, 5.74) is 2.02. The molecule has 0 radical (unpaired) electrons. The van der Waals surface area contributed by atoms with E-state index in [1.807, 2.05) is 19.1 Å². The minimum Gasteiger partial charge on any atom is -0.484 e. The van der Waals surface area contributed by atoms with Crippen LogP contribution >= 0.6 is 0 Å². The molecule has 0 unspecified atom stereocenters. The first-order valence-electron chi connectivity index (χ1n) is 10.8. The zero-order valence-corrected chi connectivity index (χ0v) is 19.8. The van der Waals surface area contributed by atoms with Crippen LogP contribution in [0.5, 0.6) is 5.75 Å². The van der Waals surface area contributed by atoms with Crippen molar-refractivity contribution in [1.82, 2.24) is 0 Å². The van der Waals surface area contributed by atoms with Gasteiger partial charge in [0.1, 0.15) is 5.75 Å². The molecule has 1 amide bonds. The van der Waals surface area contributed by atoms with Crippen molar-refractivity contribution >= 4 is 27.3 Å². The van der Waals surface area contributed by atoms with E-state index in [4.69, 9.17) is 4.74 Å². The lowest BCUT2D eigenvalue weighted by atomic mass is 10.1. The van der Waals surface area contributed by atoms with Crippen LogP contribution in [0.2, 0.25) is 0 Å². The quantitative estimate of drug-likeness (QED) is 0.296. The van der Waals surface area contributed by atoms with E-state index < -0.39 is 27.5 Å². The van der Waals surface area contributed by atoms with Crippen LogP contribution in [0.3, 0.4) is 0 Å². The Hall–Kier alpha value is -3.72. The third-order valence-corrected chi connectivity index (χ3v) is 6.95. The molecule has 0 aliphatic carbocycles. The monoisotopic (exact) mass is 482 g/mol. The molecule has 9 heteroatoms. The van der Waals surface area contributed by atoms with E-state index in [-0.39, 0.29) is 22.0 Å². The van der Waals surface area contributed by atoms with Crippen LogP contribution in [0.4, 0.5) is 11.4 Å². The maximum atomic E-state index is 13.4. The van der Waals surface area contributed by atoms with Crippen LogP contribution < -0.4 is 9.04 Å². The Bertz CT molecular complexity index is 1240. The number of hydrogen-bond acceptors (Lipinski definition) is 6. The molecule has 178 valence electrons. The summed E-state index contributed by atoms with van der Waals surface area (Å²) >= 11 is 0. The number of nitro benzene ring substituents is 1. The standard InChI is InChI=1S/C25H26N2O6S/c1-3-4-5-20-8-10-21(11-9-20)26(34(31,32)24-16-6-19(2)7-17-24)25(28)18-33-23-14-12-22(13-15-23)27(29)30/h6-17H,3-5,18H2,1-2H3. The summed E-state index contributed by atoms with van der Waals surface area (Å²) in [6.07, 6.45) is 2.90. The van der Waals surface area contributed by atoms with Crippen molar-refractivity contribution in [2.75, 3.05) is 10.9 Å². The van der Waals surface area contributed by atoms with Crippen LogP contribution in [0, 0.1) is 17.0 Å². The normalized spacial score (nSPS) is 11.1. The summed E-state index contributed by atoms with van der Waals surface area (Å²) in [6, 6.07) is 18.3. The first-order valence-corrected chi connectivity index (χ1v) is 12.3. The highest BCUT2D eigenvalue weighted by Crippen LogP contribution is 2.26. The van der Waals surface area contributed by atoms with Gasteiger partial charge in [0.05, 0.1) is 15.5 Å². The summed E-state index contributed by atoms with van der Waals surface area (Å²) in [6.45, 7) is 3.36. The van der Waals surface area contributed by atoms with E-state index >= 15 is 0 Å². The molecule has 3 rings (SSSR count). The molecule has 8 nitrogen and oxygen atoms in total. The highest BCUT2D eigenvalue weighted by Gasteiger charge is 2.31. The van der Waals surface area contributed by atoms with E-state index in [2.05, 4.69) is 6.92 Å². The number of aryl methyl sites for hydroxylation is 2. The third kappa shape index (κ3) is 5.99. The zero-order chi connectivity index (χ0) is 24.7. The lowest BCUT2D eigenvalue weighted by molar-refractivity contribution is -0.384. The van der Waals surface area contributed by atoms with Gasteiger partial charge in [-0.1, -0.05) is 43.2 Å². The van der Waals surface area contributed by atoms with Crippen molar-refractivity contribution in [2.45, 2.75) is 38.0 Å². The smallest absolute Gasteiger partial charge is 0.278 e. The Kier molecular flexibility index (Phi) is 8.01. The molecule has 0 bridgehead atoms. The molecule has 0 aliphatic rings. The second-order valence-electron chi connectivity index (χ2n) is 7.79. The van der Waals surface area contributed by atoms with E-state index in [0.717, 1.165) is 34.7 Å². The van der Waals surface area contributed by atoms with E-state index in [9.17, 15) is 23.3 Å². The van der Waals surface area contributed by atoms with E-state index in [1.54, 1.807) is 24.3 Å². The number of ether oxygens (including phenoxy) is 1. The van der Waals surface area contributed by atoms with Gasteiger partial charge in [0.15, 0.2) is 6.61 Å². The molecule has 0 fully saturated rings. The fraction of sp³-hybridized carbons (Fsp3) is 0.240. The Morgan fingerprint density at radius 3 is 2.15 bits per heavy atom. The lowest BCUT2D eigenvalue weighted by Crippen LogP contribution is -2.40. The molecule has 0 atom stereocenters. The van der Waals surface area contributed by atoms with Gasteiger partial charge in [-0.25, -0.2) is 8.42 Å². The highest BCUT2D eigenvalue weighted by molar-refractivity contribution is 7.93. The Balaban J connectivity index is 1.89. The number of hydrogen-bond donors (Lipinski definition) is 0. The molecule has 34 heavy (non-hydrogen) atoms. The number of non-ortho nitro benzene ring substituents is 1. The average molecular weight is 483 g/mol. The summed E-state index contributed by atoms with van der Waals surface area (Å²) in [5, 5.41) is 10.8. The summed E-state index contributed by atoms with van der Waals surface area (Å²) in [5.74, 6) is -0.582. The maximum absolute atomic E-state index is 13.4. The van der Waals surface area contributed by atoms with E-state index in [0.29, 0.717) is 0 Å². The van der Waals surface area contributed by atoms with Crippen LogP contribution in [-0.2, 0) is 21.2 Å². The predicted octanol–water partition coefficient (Wildman–Crippen LogP) is 5.05. The molecular weight excluding hydrogens is 456 g/mol. The molecular formula is C25H26N2O6S. The minimum atomic E-state index is -4.21. The molecule has 0 spiro atoms. The number of sulfonamides is 1. The molecule has 0 saturated carbocycles. The fourth-order valence-corrected chi connectivity index (χ4v) is 4.69. The molecule has 0 aromatic heterocycles. The average Bonchev–Trinajstić information content (AvgIpc) is 2.82. The number of anilines is 1. The number of nitrogens with zero attached hydrogens (tertiary/aromatic N) is 2. The van der Waals surface area contributed by atoms with Gasteiger partial charge < -0.3 is 4.74 Å². The molecule has 0 aliphatic heterocycles. The molecule has 0 saturated heterocycles. The van der Waals surface area contributed by atoms with Crippen LogP contribution in [0.1, 0.15) is 30.9 Å². The number of amides is 1. The van der Waals surface area contributed by atoms with Crippen molar-refractivity contribution in [1.29, 1.82) is 0 Å². The van der Waals surface area contributed by atoms with Gasteiger partial charge in [-0.2, -0.15) is 4.31 Å². The third-order valence-electron chi connectivity index (χ3n) is 5.19. The van der Waals surface area contributed by atoms with Crippen molar-refractivity contribution in [3.05, 3.63) is 94.0 Å². The molecule has 3 aromatic rings. The van der Waals surface area contributed by atoms with E-state index in [1.165, 1.54) is 36.4 Å². The van der Waals surface area contributed by atoms with Gasteiger partial charge in [-0.3, -0.25) is 14.9 Å². The largest absolute Gasteiger partial charge is 0.484 e. The molecule has 0 heterocycles. The van der Waals surface area contributed by atoms with Crippen LogP contribution in [0.25, 0.3) is 0 Å². The predicted molar refractivity (Wildman–Crippen MR) is 129 cm³/mol. The van der Waals surface area contributed by atoms with Gasteiger partial charge in [0.2, 0.25) is 0 Å². The van der Waals surface area contributed by atoms with Gasteiger partial charge in [-0.15, -0.1) is 0 Å². The molecule has 3 aromatic carbocycles. The molecule has 0 N–H and O–H groups in total. The number of carbonyl (C=O) groups excluding carboxylic acids is 1. The number of unbranched alkanes of at least 4 members (excludes halogenated alkanes) is 1. The van der Waals surface area contributed by atoms with Crippen LogP contribution in [-0.4, -0.2) is 25.9 Å².